The first kappa shape index (κ1) is 31.1. The maximum atomic E-state index is 14.4. The van der Waals surface area contributed by atoms with Crippen molar-refractivity contribution >= 4 is 33.8 Å². The van der Waals surface area contributed by atoms with Crippen molar-refractivity contribution in [3.05, 3.63) is 83.4 Å². The van der Waals surface area contributed by atoms with Gasteiger partial charge in [-0.3, -0.25) is 9.59 Å². The fourth-order valence-corrected chi connectivity index (χ4v) is 7.44. The number of amides is 2. The third-order valence-corrected chi connectivity index (χ3v) is 10.1. The van der Waals surface area contributed by atoms with Crippen molar-refractivity contribution in [3.8, 4) is 23.3 Å². The van der Waals surface area contributed by atoms with Crippen LogP contribution in [-0.4, -0.2) is 81.2 Å². The van der Waals surface area contributed by atoms with Crippen LogP contribution in [0.4, 0.5) is 4.39 Å². The molecule has 0 spiro atoms. The molecule has 2 atom stereocenters. The average molecular weight is 660 g/mol. The standard InChI is InChI=1S/C38H38FN7O3/c1-49-34-14-28(38(48)44-21-29(39)15-30(41)22-44)12-31-35(34)46(20-25-17-43(18-25)37(47)26-10-8-23(16-40)9-11-26)36(42-31)33-13-27-4-2-3-5-32(27)45(33)19-24-6-7-24/h2-5,8-14,24-25,29-30H,6-7,15,17-22,41H2,1H3/t29-,30-/m1/s1. The molecule has 2 amide bonds. The predicted molar refractivity (Wildman–Crippen MR) is 184 cm³/mol. The summed E-state index contributed by atoms with van der Waals surface area (Å²) in [7, 11) is 1.58. The van der Waals surface area contributed by atoms with E-state index in [1.165, 1.54) is 17.7 Å². The summed E-state index contributed by atoms with van der Waals surface area (Å²) < 4.78 is 24.9. The summed E-state index contributed by atoms with van der Waals surface area (Å²) >= 11 is 0. The van der Waals surface area contributed by atoms with Gasteiger partial charge in [-0.05, 0) is 73.7 Å². The average Bonchev–Trinajstić information content (AvgIpc) is 3.74. The maximum absolute atomic E-state index is 14.4. The molecule has 0 unspecified atom stereocenters. The van der Waals surface area contributed by atoms with Gasteiger partial charge >= 0.3 is 0 Å². The molecule has 3 aliphatic rings. The van der Waals surface area contributed by atoms with E-state index in [4.69, 9.17) is 20.7 Å². The van der Waals surface area contributed by atoms with Gasteiger partial charge in [0.2, 0.25) is 0 Å². The van der Waals surface area contributed by atoms with Gasteiger partial charge in [0, 0.05) is 66.7 Å². The fourth-order valence-electron chi connectivity index (χ4n) is 7.44. The monoisotopic (exact) mass is 659 g/mol. The summed E-state index contributed by atoms with van der Waals surface area (Å²) in [4.78, 5) is 35.5. The largest absolute Gasteiger partial charge is 0.494 e. The number of imidazole rings is 1. The van der Waals surface area contributed by atoms with Crippen LogP contribution in [0, 0.1) is 23.2 Å². The molecule has 3 fully saturated rings. The van der Waals surface area contributed by atoms with Crippen LogP contribution in [0.3, 0.4) is 0 Å². The molecule has 49 heavy (non-hydrogen) atoms. The Morgan fingerprint density at radius 3 is 2.35 bits per heavy atom. The SMILES string of the molecule is COc1cc(C(=O)N2C[C@H](N)C[C@@H](F)C2)cc2nc(-c3cc4ccccc4n3CC3CC3)n(CC3CN(C(=O)c4ccc(C#N)cc4)C3)c12. The zero-order chi connectivity index (χ0) is 33.8. The number of nitrogens with zero attached hydrogens (tertiary/aromatic N) is 6. The second kappa shape index (κ2) is 12.3. The molecule has 11 heteroatoms. The van der Waals surface area contributed by atoms with Gasteiger partial charge in [-0.15, -0.1) is 0 Å². The van der Waals surface area contributed by atoms with Crippen molar-refractivity contribution in [1.82, 2.24) is 23.9 Å². The topological polar surface area (TPSA) is 122 Å². The molecule has 0 bridgehead atoms. The Hall–Kier alpha value is -5.21. The third-order valence-electron chi connectivity index (χ3n) is 10.1. The summed E-state index contributed by atoms with van der Waals surface area (Å²) in [6.45, 7) is 2.92. The van der Waals surface area contributed by atoms with Gasteiger partial charge < -0.3 is 29.4 Å². The van der Waals surface area contributed by atoms with Crippen LogP contribution in [0.2, 0.25) is 0 Å². The lowest BCUT2D eigenvalue weighted by molar-refractivity contribution is 0.0471. The number of likely N-dealkylation sites (tertiary alicyclic amines) is 2. The number of aromatic nitrogens is 3. The van der Waals surface area contributed by atoms with Crippen molar-refractivity contribution < 1.29 is 18.7 Å². The van der Waals surface area contributed by atoms with Crippen LogP contribution < -0.4 is 10.5 Å². The number of carbonyl (C=O) groups is 2. The summed E-state index contributed by atoms with van der Waals surface area (Å²) in [5.74, 6) is 1.70. The van der Waals surface area contributed by atoms with E-state index in [2.05, 4.69) is 39.5 Å². The zero-order valence-electron chi connectivity index (χ0n) is 27.4. The molecule has 10 nitrogen and oxygen atoms in total. The van der Waals surface area contributed by atoms with Crippen LogP contribution in [0.5, 0.6) is 5.75 Å². The number of nitriles is 1. The van der Waals surface area contributed by atoms with Gasteiger partial charge in [-0.1, -0.05) is 18.2 Å². The quantitative estimate of drug-likeness (QED) is 0.244. The molecule has 5 aromatic rings. The second-order valence-electron chi connectivity index (χ2n) is 13.8. The Morgan fingerprint density at radius 1 is 0.918 bits per heavy atom. The van der Waals surface area contributed by atoms with E-state index in [9.17, 15) is 14.0 Å². The number of hydrogen-bond donors (Lipinski definition) is 1. The van der Waals surface area contributed by atoms with Crippen molar-refractivity contribution in [3.63, 3.8) is 0 Å². The molecule has 4 heterocycles. The minimum atomic E-state index is -1.16. The molecule has 2 aliphatic heterocycles. The first-order valence-electron chi connectivity index (χ1n) is 16.9. The number of fused-ring (bicyclic) bond motifs is 2. The Balaban J connectivity index is 1.18. The van der Waals surface area contributed by atoms with Crippen molar-refractivity contribution in [2.24, 2.45) is 17.6 Å². The summed E-state index contributed by atoms with van der Waals surface area (Å²) in [5, 5.41) is 10.3. The van der Waals surface area contributed by atoms with Gasteiger partial charge in [0.1, 0.15) is 17.4 Å². The van der Waals surface area contributed by atoms with Gasteiger partial charge in [0.25, 0.3) is 11.8 Å². The first-order chi connectivity index (χ1) is 23.8. The number of halogens is 1. The Labute approximate surface area is 283 Å². The lowest BCUT2D eigenvalue weighted by Gasteiger charge is -2.40. The van der Waals surface area contributed by atoms with Crippen molar-refractivity contribution in [2.75, 3.05) is 33.3 Å². The van der Waals surface area contributed by atoms with Crippen LogP contribution in [0.25, 0.3) is 33.5 Å². The highest BCUT2D eigenvalue weighted by Crippen LogP contribution is 2.39. The van der Waals surface area contributed by atoms with Crippen molar-refractivity contribution in [2.45, 2.75) is 44.6 Å². The Kier molecular flexibility index (Phi) is 7.83. The lowest BCUT2D eigenvalue weighted by Crippen LogP contribution is -2.51. The summed E-state index contributed by atoms with van der Waals surface area (Å²) in [6, 6.07) is 22.5. The second-order valence-corrected chi connectivity index (χ2v) is 13.8. The van der Waals surface area contributed by atoms with E-state index in [0.29, 0.717) is 60.1 Å². The minimum Gasteiger partial charge on any atom is -0.494 e. The van der Waals surface area contributed by atoms with Crippen LogP contribution in [0.15, 0.2) is 66.7 Å². The van der Waals surface area contributed by atoms with E-state index >= 15 is 0 Å². The van der Waals surface area contributed by atoms with Gasteiger partial charge in [0.15, 0.2) is 5.82 Å². The van der Waals surface area contributed by atoms with E-state index < -0.39 is 12.2 Å². The number of para-hydroxylation sites is 1. The number of rotatable bonds is 8. The molecular weight excluding hydrogens is 621 g/mol. The number of alkyl halides is 1. The number of methoxy groups -OCH3 is 1. The van der Waals surface area contributed by atoms with Gasteiger partial charge in [-0.25, -0.2) is 9.37 Å². The highest BCUT2D eigenvalue weighted by Gasteiger charge is 2.35. The fraction of sp³-hybridized carbons (Fsp3) is 0.368. The smallest absolute Gasteiger partial charge is 0.254 e. The number of piperidine rings is 1. The minimum absolute atomic E-state index is 0.00716. The van der Waals surface area contributed by atoms with E-state index in [1.807, 2.05) is 11.0 Å². The molecule has 2 N–H and O–H groups in total. The number of ether oxygens (including phenoxy) is 1. The van der Waals surface area contributed by atoms with Crippen LogP contribution >= 0.6 is 0 Å². The normalized spacial score (nSPS) is 19.6. The Morgan fingerprint density at radius 2 is 1.63 bits per heavy atom. The predicted octanol–water partition coefficient (Wildman–Crippen LogP) is 5.23. The van der Waals surface area contributed by atoms with E-state index in [0.717, 1.165) is 34.5 Å². The molecule has 2 aromatic heterocycles. The Bertz CT molecular complexity index is 2110. The maximum Gasteiger partial charge on any atom is 0.254 e. The van der Waals surface area contributed by atoms with E-state index in [-0.39, 0.29) is 30.7 Å². The van der Waals surface area contributed by atoms with E-state index in [1.54, 1.807) is 43.5 Å². The van der Waals surface area contributed by atoms with Crippen molar-refractivity contribution in [1.29, 1.82) is 5.26 Å². The van der Waals surface area contributed by atoms with Crippen LogP contribution in [-0.2, 0) is 13.1 Å². The van der Waals surface area contributed by atoms with Gasteiger partial charge in [0.05, 0.1) is 36.5 Å². The molecule has 8 rings (SSSR count). The highest BCUT2D eigenvalue weighted by molar-refractivity contribution is 6.00. The lowest BCUT2D eigenvalue weighted by atomic mass is 9.98. The van der Waals surface area contributed by atoms with Crippen LogP contribution in [0.1, 0.15) is 45.5 Å². The summed E-state index contributed by atoms with van der Waals surface area (Å²) in [6.07, 6.45) is 1.48. The number of carbonyl (C=O) groups excluding carboxylic acids is 2. The molecular formula is C38H38FN7O3. The molecule has 0 radical (unpaired) electrons. The zero-order valence-corrected chi connectivity index (χ0v) is 27.4. The molecule has 3 aromatic carbocycles. The number of hydrogen-bond acceptors (Lipinski definition) is 6. The molecule has 1 saturated carbocycles. The van der Waals surface area contributed by atoms with Gasteiger partial charge in [-0.2, -0.15) is 5.26 Å². The number of nitrogens with two attached hydrogens (primary N) is 1. The number of benzene rings is 3. The third kappa shape index (κ3) is 5.80. The molecule has 2 saturated heterocycles. The summed E-state index contributed by atoms with van der Waals surface area (Å²) in [5.41, 5.74) is 11.1. The molecule has 1 aliphatic carbocycles. The molecule has 250 valence electrons. The highest BCUT2D eigenvalue weighted by atomic mass is 19.1. The first-order valence-corrected chi connectivity index (χ1v) is 16.9.